The first-order chi connectivity index (χ1) is 12.8. The standard InChI is InChI=1S/C19H19N5O2/c1-2-26-19(25)15-5-3-4-6-16(15)24-18-11-17(22-13-23-18)21-12-14-7-9-20-10-8-14/h3-11,13H,2,12H2,1H3,(H2,21,22,23,24). The van der Waals surface area contributed by atoms with Crippen LogP contribution in [0.5, 0.6) is 0 Å². The van der Waals surface area contributed by atoms with Gasteiger partial charge in [0, 0.05) is 25.0 Å². The van der Waals surface area contributed by atoms with Gasteiger partial charge in [0.1, 0.15) is 18.0 Å². The summed E-state index contributed by atoms with van der Waals surface area (Å²) in [6, 6.07) is 12.8. The van der Waals surface area contributed by atoms with Crippen molar-refractivity contribution in [2.24, 2.45) is 0 Å². The van der Waals surface area contributed by atoms with Crippen molar-refractivity contribution >= 4 is 23.3 Å². The molecule has 7 heteroatoms. The van der Waals surface area contributed by atoms with E-state index in [0.29, 0.717) is 36.0 Å². The summed E-state index contributed by atoms with van der Waals surface area (Å²) in [5, 5.41) is 6.38. The van der Waals surface area contributed by atoms with E-state index >= 15 is 0 Å². The van der Waals surface area contributed by atoms with E-state index in [2.05, 4.69) is 25.6 Å². The molecule has 0 spiro atoms. The van der Waals surface area contributed by atoms with Gasteiger partial charge in [0.2, 0.25) is 0 Å². The van der Waals surface area contributed by atoms with Crippen LogP contribution in [0.1, 0.15) is 22.8 Å². The maximum absolute atomic E-state index is 12.1. The number of anilines is 3. The van der Waals surface area contributed by atoms with Gasteiger partial charge in [-0.15, -0.1) is 0 Å². The van der Waals surface area contributed by atoms with Gasteiger partial charge < -0.3 is 15.4 Å². The molecule has 7 nitrogen and oxygen atoms in total. The van der Waals surface area contributed by atoms with E-state index in [4.69, 9.17) is 4.74 Å². The Balaban J connectivity index is 1.72. The van der Waals surface area contributed by atoms with Crippen molar-refractivity contribution in [3.05, 3.63) is 72.3 Å². The normalized spacial score (nSPS) is 10.2. The molecule has 0 unspecified atom stereocenters. The Morgan fingerprint density at radius 1 is 1.08 bits per heavy atom. The van der Waals surface area contributed by atoms with Gasteiger partial charge in [0.15, 0.2) is 0 Å². The van der Waals surface area contributed by atoms with Crippen LogP contribution in [-0.2, 0) is 11.3 Å². The van der Waals surface area contributed by atoms with Crippen molar-refractivity contribution in [3.8, 4) is 0 Å². The fourth-order valence-corrected chi connectivity index (χ4v) is 2.33. The van der Waals surface area contributed by atoms with Crippen LogP contribution >= 0.6 is 0 Å². The summed E-state index contributed by atoms with van der Waals surface area (Å²) >= 11 is 0. The summed E-state index contributed by atoms with van der Waals surface area (Å²) in [5.74, 6) is 0.877. The molecule has 0 saturated carbocycles. The number of hydrogen-bond donors (Lipinski definition) is 2. The minimum Gasteiger partial charge on any atom is -0.462 e. The molecule has 0 fully saturated rings. The average Bonchev–Trinajstić information content (AvgIpc) is 2.68. The van der Waals surface area contributed by atoms with E-state index in [1.54, 1.807) is 43.6 Å². The molecule has 2 N–H and O–H groups in total. The average molecular weight is 349 g/mol. The monoisotopic (exact) mass is 349 g/mol. The van der Waals surface area contributed by atoms with Crippen molar-refractivity contribution < 1.29 is 9.53 Å². The van der Waals surface area contributed by atoms with Crippen LogP contribution in [0, 0.1) is 0 Å². The van der Waals surface area contributed by atoms with Gasteiger partial charge in [-0.2, -0.15) is 0 Å². The van der Waals surface area contributed by atoms with Crippen LogP contribution < -0.4 is 10.6 Å². The van der Waals surface area contributed by atoms with Gasteiger partial charge in [0.25, 0.3) is 0 Å². The summed E-state index contributed by atoms with van der Waals surface area (Å²) in [5.41, 5.74) is 2.18. The summed E-state index contributed by atoms with van der Waals surface area (Å²) in [7, 11) is 0. The third-order valence-corrected chi connectivity index (χ3v) is 3.58. The Morgan fingerprint density at radius 2 is 1.85 bits per heavy atom. The lowest BCUT2D eigenvalue weighted by Gasteiger charge is -2.11. The molecule has 0 amide bonds. The van der Waals surface area contributed by atoms with Crippen molar-refractivity contribution in [2.75, 3.05) is 17.2 Å². The first-order valence-corrected chi connectivity index (χ1v) is 8.24. The summed E-state index contributed by atoms with van der Waals surface area (Å²) in [4.78, 5) is 24.5. The smallest absolute Gasteiger partial charge is 0.340 e. The fraction of sp³-hybridized carbons (Fsp3) is 0.158. The van der Waals surface area contributed by atoms with E-state index in [9.17, 15) is 4.79 Å². The number of pyridine rings is 1. The van der Waals surface area contributed by atoms with Crippen LogP contribution in [0.25, 0.3) is 0 Å². The maximum Gasteiger partial charge on any atom is 0.340 e. The van der Waals surface area contributed by atoms with Crippen molar-refractivity contribution in [3.63, 3.8) is 0 Å². The molecule has 1 aromatic carbocycles. The van der Waals surface area contributed by atoms with Gasteiger partial charge in [-0.05, 0) is 36.8 Å². The van der Waals surface area contributed by atoms with Gasteiger partial charge in [-0.1, -0.05) is 12.1 Å². The van der Waals surface area contributed by atoms with Crippen molar-refractivity contribution in [2.45, 2.75) is 13.5 Å². The molecule has 0 aliphatic carbocycles. The molecule has 2 heterocycles. The second-order valence-electron chi connectivity index (χ2n) is 5.39. The zero-order valence-electron chi connectivity index (χ0n) is 14.3. The fourth-order valence-electron chi connectivity index (χ4n) is 2.33. The highest BCUT2D eigenvalue weighted by Crippen LogP contribution is 2.21. The molecular weight excluding hydrogens is 330 g/mol. The number of hydrogen-bond acceptors (Lipinski definition) is 7. The van der Waals surface area contributed by atoms with Crippen LogP contribution in [0.4, 0.5) is 17.3 Å². The molecule has 3 aromatic rings. The number of ether oxygens (including phenoxy) is 1. The van der Waals surface area contributed by atoms with Crippen LogP contribution in [0.15, 0.2) is 61.2 Å². The largest absolute Gasteiger partial charge is 0.462 e. The molecule has 0 atom stereocenters. The zero-order chi connectivity index (χ0) is 18.2. The van der Waals surface area contributed by atoms with E-state index in [0.717, 1.165) is 5.56 Å². The third-order valence-electron chi connectivity index (χ3n) is 3.58. The topological polar surface area (TPSA) is 89.0 Å². The zero-order valence-corrected chi connectivity index (χ0v) is 14.3. The minimum absolute atomic E-state index is 0.323. The Bertz CT molecular complexity index is 871. The van der Waals surface area contributed by atoms with Gasteiger partial charge >= 0.3 is 5.97 Å². The molecule has 0 bridgehead atoms. The highest BCUT2D eigenvalue weighted by molar-refractivity contribution is 5.96. The molecular formula is C19H19N5O2. The molecule has 132 valence electrons. The van der Waals surface area contributed by atoms with E-state index in [1.165, 1.54) is 6.33 Å². The number of para-hydroxylation sites is 1. The summed E-state index contributed by atoms with van der Waals surface area (Å²) in [6.45, 7) is 2.72. The molecule has 0 aliphatic rings. The number of nitrogens with one attached hydrogen (secondary N) is 2. The number of rotatable bonds is 7. The predicted octanol–water partition coefficient (Wildman–Crippen LogP) is 3.40. The number of carbonyl (C=O) groups is 1. The van der Waals surface area contributed by atoms with Crippen molar-refractivity contribution in [1.82, 2.24) is 15.0 Å². The lowest BCUT2D eigenvalue weighted by Crippen LogP contribution is -2.08. The molecule has 3 rings (SSSR count). The SMILES string of the molecule is CCOC(=O)c1ccccc1Nc1cc(NCc2ccncc2)ncn1. The van der Waals surface area contributed by atoms with Crippen molar-refractivity contribution in [1.29, 1.82) is 0 Å². The second-order valence-corrected chi connectivity index (χ2v) is 5.39. The molecule has 2 aromatic heterocycles. The lowest BCUT2D eigenvalue weighted by molar-refractivity contribution is 0.0527. The first kappa shape index (κ1) is 17.3. The number of aromatic nitrogens is 3. The minimum atomic E-state index is -0.374. The number of nitrogens with zero attached hydrogens (tertiary/aromatic N) is 3. The summed E-state index contributed by atoms with van der Waals surface area (Å²) < 4.78 is 5.09. The highest BCUT2D eigenvalue weighted by atomic mass is 16.5. The van der Waals surface area contributed by atoms with E-state index in [1.807, 2.05) is 18.2 Å². The Labute approximate surface area is 151 Å². The van der Waals surface area contributed by atoms with E-state index in [-0.39, 0.29) is 5.97 Å². The second kappa shape index (κ2) is 8.57. The molecule has 0 radical (unpaired) electrons. The third kappa shape index (κ3) is 4.54. The Kier molecular flexibility index (Phi) is 5.72. The number of benzene rings is 1. The Morgan fingerprint density at radius 3 is 2.65 bits per heavy atom. The van der Waals surface area contributed by atoms with E-state index < -0.39 is 0 Å². The van der Waals surface area contributed by atoms with Gasteiger partial charge in [-0.3, -0.25) is 4.98 Å². The first-order valence-electron chi connectivity index (χ1n) is 8.24. The Hall–Kier alpha value is -3.48. The van der Waals surface area contributed by atoms with Crippen LogP contribution in [0.2, 0.25) is 0 Å². The molecule has 0 saturated heterocycles. The number of carbonyl (C=O) groups excluding carboxylic acids is 1. The predicted molar refractivity (Wildman–Crippen MR) is 99.3 cm³/mol. The van der Waals surface area contributed by atoms with Gasteiger partial charge in [0.05, 0.1) is 17.9 Å². The highest BCUT2D eigenvalue weighted by Gasteiger charge is 2.12. The van der Waals surface area contributed by atoms with Gasteiger partial charge in [-0.25, -0.2) is 14.8 Å². The summed E-state index contributed by atoms with van der Waals surface area (Å²) in [6.07, 6.45) is 4.96. The van der Waals surface area contributed by atoms with Crippen LogP contribution in [-0.4, -0.2) is 27.5 Å². The van der Waals surface area contributed by atoms with Crippen LogP contribution in [0.3, 0.4) is 0 Å². The maximum atomic E-state index is 12.1. The number of esters is 1. The molecule has 26 heavy (non-hydrogen) atoms. The quantitative estimate of drug-likeness (QED) is 0.632. The molecule has 0 aliphatic heterocycles. The lowest BCUT2D eigenvalue weighted by atomic mass is 10.2.